The van der Waals surface area contributed by atoms with E-state index in [1.807, 2.05) is 20.8 Å². The molecular formula is C13H27NO3. The van der Waals surface area contributed by atoms with E-state index in [9.17, 15) is 5.11 Å². The zero-order valence-corrected chi connectivity index (χ0v) is 11.4. The third-order valence-electron chi connectivity index (χ3n) is 3.43. The number of likely N-dealkylation sites (tertiary alicyclic amines) is 1. The van der Waals surface area contributed by atoms with Gasteiger partial charge in [-0.1, -0.05) is 0 Å². The van der Waals surface area contributed by atoms with E-state index >= 15 is 0 Å². The molecule has 1 aliphatic heterocycles. The maximum Gasteiger partial charge on any atom is 0.170 e. The molecule has 1 saturated heterocycles. The molecule has 102 valence electrons. The lowest BCUT2D eigenvalue weighted by atomic mass is 9.92. The SMILES string of the molecule is CCOC(CN1CCC(C(C)O)CC1)OCC. The molecule has 1 fully saturated rings. The quantitative estimate of drug-likeness (QED) is 0.690. The van der Waals surface area contributed by atoms with Crippen LogP contribution in [0.5, 0.6) is 0 Å². The first-order valence-corrected chi connectivity index (χ1v) is 6.81. The van der Waals surface area contributed by atoms with Crippen LogP contribution in [0, 0.1) is 5.92 Å². The molecule has 4 nitrogen and oxygen atoms in total. The molecule has 1 rings (SSSR count). The van der Waals surface area contributed by atoms with E-state index in [2.05, 4.69) is 4.90 Å². The van der Waals surface area contributed by atoms with Crippen molar-refractivity contribution in [2.24, 2.45) is 5.92 Å². The van der Waals surface area contributed by atoms with Gasteiger partial charge in [0.2, 0.25) is 0 Å². The zero-order valence-electron chi connectivity index (χ0n) is 11.4. The summed E-state index contributed by atoms with van der Waals surface area (Å²) in [6.45, 7) is 10.2. The Morgan fingerprint density at radius 3 is 2.12 bits per heavy atom. The summed E-state index contributed by atoms with van der Waals surface area (Å²) in [5.74, 6) is 0.462. The fraction of sp³-hybridized carbons (Fsp3) is 1.00. The number of nitrogens with zero attached hydrogens (tertiary/aromatic N) is 1. The number of aliphatic hydroxyl groups excluding tert-OH is 1. The first-order valence-electron chi connectivity index (χ1n) is 6.81. The fourth-order valence-corrected chi connectivity index (χ4v) is 2.35. The van der Waals surface area contributed by atoms with Crippen LogP contribution in [0.15, 0.2) is 0 Å². The lowest BCUT2D eigenvalue weighted by molar-refractivity contribution is -0.149. The van der Waals surface area contributed by atoms with Gasteiger partial charge in [-0.3, -0.25) is 4.90 Å². The maximum absolute atomic E-state index is 9.55. The Morgan fingerprint density at radius 2 is 1.71 bits per heavy atom. The van der Waals surface area contributed by atoms with Gasteiger partial charge in [0.05, 0.1) is 6.10 Å². The Kier molecular flexibility index (Phi) is 7.04. The summed E-state index contributed by atoms with van der Waals surface area (Å²) in [6.07, 6.45) is 1.87. The Morgan fingerprint density at radius 1 is 1.18 bits per heavy atom. The van der Waals surface area contributed by atoms with Crippen molar-refractivity contribution in [1.29, 1.82) is 0 Å². The van der Waals surface area contributed by atoms with Crippen molar-refractivity contribution >= 4 is 0 Å². The second kappa shape index (κ2) is 8.03. The van der Waals surface area contributed by atoms with Crippen molar-refractivity contribution < 1.29 is 14.6 Å². The van der Waals surface area contributed by atoms with Crippen molar-refractivity contribution in [3.05, 3.63) is 0 Å². The number of hydrogen-bond acceptors (Lipinski definition) is 4. The molecule has 1 aliphatic rings. The highest BCUT2D eigenvalue weighted by molar-refractivity contribution is 4.75. The third kappa shape index (κ3) is 5.34. The van der Waals surface area contributed by atoms with E-state index < -0.39 is 0 Å². The van der Waals surface area contributed by atoms with Crippen LogP contribution < -0.4 is 0 Å². The molecule has 0 bridgehead atoms. The van der Waals surface area contributed by atoms with Gasteiger partial charge >= 0.3 is 0 Å². The average molecular weight is 245 g/mol. The van der Waals surface area contributed by atoms with E-state index in [4.69, 9.17) is 9.47 Å². The van der Waals surface area contributed by atoms with Crippen molar-refractivity contribution in [1.82, 2.24) is 4.90 Å². The van der Waals surface area contributed by atoms with Crippen LogP contribution in [0.4, 0.5) is 0 Å². The van der Waals surface area contributed by atoms with E-state index in [1.165, 1.54) is 0 Å². The molecule has 4 heteroatoms. The molecule has 0 amide bonds. The molecule has 17 heavy (non-hydrogen) atoms. The zero-order chi connectivity index (χ0) is 12.7. The van der Waals surface area contributed by atoms with Gasteiger partial charge in [-0.2, -0.15) is 0 Å². The number of ether oxygens (including phenoxy) is 2. The lowest BCUT2D eigenvalue weighted by Crippen LogP contribution is -2.42. The molecule has 0 aromatic rings. The first kappa shape index (κ1) is 14.9. The summed E-state index contributed by atoms with van der Waals surface area (Å²) in [4.78, 5) is 2.37. The van der Waals surface area contributed by atoms with Gasteiger partial charge in [-0.05, 0) is 52.6 Å². The predicted octanol–water partition coefficient (Wildman–Crippen LogP) is 1.48. The molecule has 0 aromatic heterocycles. The van der Waals surface area contributed by atoms with E-state index in [0.717, 1.165) is 32.5 Å². The Balaban J connectivity index is 2.27. The summed E-state index contributed by atoms with van der Waals surface area (Å²) in [6, 6.07) is 0. The molecule has 1 heterocycles. The number of rotatable bonds is 7. The van der Waals surface area contributed by atoms with Crippen LogP contribution in [-0.2, 0) is 9.47 Å². The second-order valence-corrected chi connectivity index (χ2v) is 4.72. The van der Waals surface area contributed by atoms with Crippen LogP contribution >= 0.6 is 0 Å². The van der Waals surface area contributed by atoms with Crippen LogP contribution in [0.1, 0.15) is 33.6 Å². The van der Waals surface area contributed by atoms with E-state index in [0.29, 0.717) is 19.1 Å². The predicted molar refractivity (Wildman–Crippen MR) is 67.9 cm³/mol. The monoisotopic (exact) mass is 245 g/mol. The molecule has 0 aliphatic carbocycles. The minimum atomic E-state index is -0.174. The largest absolute Gasteiger partial charge is 0.393 e. The molecule has 1 N–H and O–H groups in total. The highest BCUT2D eigenvalue weighted by Crippen LogP contribution is 2.20. The third-order valence-corrected chi connectivity index (χ3v) is 3.43. The summed E-state index contributed by atoms with van der Waals surface area (Å²) < 4.78 is 11.1. The minimum absolute atomic E-state index is 0.104. The van der Waals surface area contributed by atoms with Crippen molar-refractivity contribution in [3.63, 3.8) is 0 Å². The average Bonchev–Trinajstić information content (AvgIpc) is 2.30. The van der Waals surface area contributed by atoms with Gasteiger partial charge in [0.25, 0.3) is 0 Å². The second-order valence-electron chi connectivity index (χ2n) is 4.72. The summed E-state index contributed by atoms with van der Waals surface area (Å²) >= 11 is 0. The molecule has 1 unspecified atom stereocenters. The smallest absolute Gasteiger partial charge is 0.170 e. The highest BCUT2D eigenvalue weighted by Gasteiger charge is 2.24. The van der Waals surface area contributed by atoms with Crippen molar-refractivity contribution in [2.75, 3.05) is 32.8 Å². The molecule has 0 radical (unpaired) electrons. The summed E-state index contributed by atoms with van der Waals surface area (Å²) in [5, 5.41) is 9.55. The Labute approximate surface area is 105 Å². The number of piperidine rings is 1. The Bertz CT molecular complexity index is 185. The van der Waals surface area contributed by atoms with Gasteiger partial charge in [-0.25, -0.2) is 0 Å². The number of hydrogen-bond donors (Lipinski definition) is 1. The van der Waals surface area contributed by atoms with Crippen molar-refractivity contribution in [3.8, 4) is 0 Å². The van der Waals surface area contributed by atoms with Crippen LogP contribution in [-0.4, -0.2) is 55.2 Å². The van der Waals surface area contributed by atoms with Crippen LogP contribution in [0.25, 0.3) is 0 Å². The first-order chi connectivity index (χ1) is 8.17. The van der Waals surface area contributed by atoms with Gasteiger partial charge < -0.3 is 14.6 Å². The molecular weight excluding hydrogens is 218 g/mol. The van der Waals surface area contributed by atoms with Gasteiger partial charge in [0.15, 0.2) is 6.29 Å². The number of aliphatic hydroxyl groups is 1. The molecule has 0 aromatic carbocycles. The van der Waals surface area contributed by atoms with E-state index in [-0.39, 0.29) is 12.4 Å². The molecule has 0 spiro atoms. The normalized spacial score (nSPS) is 21.0. The van der Waals surface area contributed by atoms with Gasteiger partial charge in [-0.15, -0.1) is 0 Å². The highest BCUT2D eigenvalue weighted by atomic mass is 16.7. The topological polar surface area (TPSA) is 41.9 Å². The summed E-state index contributed by atoms with van der Waals surface area (Å²) in [7, 11) is 0. The van der Waals surface area contributed by atoms with Crippen LogP contribution in [0.3, 0.4) is 0 Å². The maximum atomic E-state index is 9.55. The molecule has 0 saturated carbocycles. The standard InChI is InChI=1S/C13H27NO3/c1-4-16-13(17-5-2)10-14-8-6-12(7-9-14)11(3)15/h11-13,15H,4-10H2,1-3H3. The minimum Gasteiger partial charge on any atom is -0.393 e. The van der Waals surface area contributed by atoms with Crippen molar-refractivity contribution in [2.45, 2.75) is 46.0 Å². The van der Waals surface area contributed by atoms with Gasteiger partial charge in [0, 0.05) is 19.8 Å². The summed E-state index contributed by atoms with van der Waals surface area (Å²) in [5.41, 5.74) is 0. The van der Waals surface area contributed by atoms with E-state index in [1.54, 1.807) is 0 Å². The van der Waals surface area contributed by atoms with Crippen LogP contribution in [0.2, 0.25) is 0 Å². The lowest BCUT2D eigenvalue weighted by Gasteiger charge is -2.34. The Hall–Kier alpha value is -0.160. The fourth-order valence-electron chi connectivity index (χ4n) is 2.35. The molecule has 1 atom stereocenters. The van der Waals surface area contributed by atoms with Gasteiger partial charge in [0.1, 0.15) is 0 Å².